The van der Waals surface area contributed by atoms with Gasteiger partial charge in [-0.2, -0.15) is 0 Å². The van der Waals surface area contributed by atoms with E-state index < -0.39 is 6.10 Å². The van der Waals surface area contributed by atoms with Crippen LogP contribution in [0, 0.1) is 5.92 Å². The van der Waals surface area contributed by atoms with Crippen LogP contribution in [0.5, 0.6) is 0 Å². The predicted molar refractivity (Wildman–Crippen MR) is 76.8 cm³/mol. The van der Waals surface area contributed by atoms with Crippen LogP contribution in [-0.4, -0.2) is 42.2 Å². The standard InChI is InChI=1S/C15H23N3O/c16-13-3-1-12(2-4-13)15(19)9-17-14-10-18-7-5-11(14)6-8-18/h1-4,11,14-15,17,19H,5-10,16H2/t14-,15+/m0/s1. The van der Waals surface area contributed by atoms with Gasteiger partial charge in [0.15, 0.2) is 0 Å². The van der Waals surface area contributed by atoms with E-state index in [9.17, 15) is 5.11 Å². The first-order valence-electron chi connectivity index (χ1n) is 7.21. The molecule has 104 valence electrons. The van der Waals surface area contributed by atoms with E-state index in [0.29, 0.717) is 12.6 Å². The first-order chi connectivity index (χ1) is 9.22. The van der Waals surface area contributed by atoms with E-state index in [1.807, 2.05) is 24.3 Å². The summed E-state index contributed by atoms with van der Waals surface area (Å²) in [5.74, 6) is 0.795. The van der Waals surface area contributed by atoms with Crippen molar-refractivity contribution < 1.29 is 5.11 Å². The molecule has 2 bridgehead atoms. The highest BCUT2D eigenvalue weighted by atomic mass is 16.3. The molecule has 0 unspecified atom stereocenters. The number of nitrogen functional groups attached to an aromatic ring is 1. The Morgan fingerprint density at radius 1 is 1.26 bits per heavy atom. The number of aliphatic hydroxyl groups is 1. The average Bonchev–Trinajstić information content (AvgIpc) is 2.47. The van der Waals surface area contributed by atoms with Gasteiger partial charge < -0.3 is 21.1 Å². The summed E-state index contributed by atoms with van der Waals surface area (Å²) in [5, 5.41) is 13.7. The Morgan fingerprint density at radius 3 is 2.53 bits per heavy atom. The Morgan fingerprint density at radius 2 is 1.95 bits per heavy atom. The summed E-state index contributed by atoms with van der Waals surface area (Å²) in [5.41, 5.74) is 7.33. The van der Waals surface area contributed by atoms with Crippen molar-refractivity contribution in [3.63, 3.8) is 0 Å². The molecule has 3 aliphatic heterocycles. The van der Waals surface area contributed by atoms with E-state index >= 15 is 0 Å². The molecular weight excluding hydrogens is 238 g/mol. The van der Waals surface area contributed by atoms with Crippen molar-refractivity contribution >= 4 is 5.69 Å². The molecule has 19 heavy (non-hydrogen) atoms. The van der Waals surface area contributed by atoms with Gasteiger partial charge in [0, 0.05) is 24.8 Å². The second-order valence-corrected chi connectivity index (χ2v) is 5.84. The van der Waals surface area contributed by atoms with Crippen LogP contribution in [-0.2, 0) is 0 Å². The number of hydrogen-bond donors (Lipinski definition) is 3. The lowest BCUT2D eigenvalue weighted by molar-refractivity contribution is 0.0635. The molecule has 0 radical (unpaired) electrons. The molecule has 3 saturated heterocycles. The lowest BCUT2D eigenvalue weighted by atomic mass is 9.84. The lowest BCUT2D eigenvalue weighted by Crippen LogP contribution is -2.56. The zero-order chi connectivity index (χ0) is 13.2. The van der Waals surface area contributed by atoms with Crippen molar-refractivity contribution in [2.24, 2.45) is 5.92 Å². The van der Waals surface area contributed by atoms with Gasteiger partial charge in [-0.05, 0) is 49.5 Å². The molecule has 0 aliphatic carbocycles. The first-order valence-corrected chi connectivity index (χ1v) is 7.21. The second kappa shape index (κ2) is 5.49. The molecule has 4 nitrogen and oxygen atoms in total. The minimum absolute atomic E-state index is 0.448. The number of fused-ring (bicyclic) bond motifs is 3. The summed E-state index contributed by atoms with van der Waals surface area (Å²) in [7, 11) is 0. The predicted octanol–water partition coefficient (Wildman–Crippen LogP) is 0.986. The number of nitrogens with two attached hydrogens (primary N) is 1. The highest BCUT2D eigenvalue weighted by Crippen LogP contribution is 2.27. The Kier molecular flexibility index (Phi) is 3.73. The molecule has 4 rings (SSSR count). The first kappa shape index (κ1) is 12.9. The minimum Gasteiger partial charge on any atom is -0.399 e. The van der Waals surface area contributed by atoms with Gasteiger partial charge in [0.25, 0.3) is 0 Å². The number of nitrogens with one attached hydrogen (secondary N) is 1. The zero-order valence-corrected chi connectivity index (χ0v) is 11.3. The fourth-order valence-corrected chi connectivity index (χ4v) is 3.30. The van der Waals surface area contributed by atoms with Gasteiger partial charge in [0.1, 0.15) is 0 Å². The third-order valence-corrected chi connectivity index (χ3v) is 4.55. The Bertz CT molecular complexity index is 412. The fourth-order valence-electron chi connectivity index (χ4n) is 3.30. The lowest BCUT2D eigenvalue weighted by Gasteiger charge is -2.45. The molecule has 3 fully saturated rings. The van der Waals surface area contributed by atoms with Crippen molar-refractivity contribution in [2.75, 3.05) is 31.9 Å². The normalized spacial score (nSPS) is 31.3. The maximum Gasteiger partial charge on any atom is 0.0914 e. The van der Waals surface area contributed by atoms with Gasteiger partial charge in [-0.25, -0.2) is 0 Å². The van der Waals surface area contributed by atoms with Crippen LogP contribution in [0.1, 0.15) is 24.5 Å². The van der Waals surface area contributed by atoms with Crippen LogP contribution in [0.3, 0.4) is 0 Å². The molecular formula is C15H23N3O. The largest absolute Gasteiger partial charge is 0.399 e. The van der Waals surface area contributed by atoms with Crippen molar-refractivity contribution in [1.29, 1.82) is 0 Å². The Hall–Kier alpha value is -1.10. The summed E-state index contributed by atoms with van der Waals surface area (Å²) < 4.78 is 0. The smallest absolute Gasteiger partial charge is 0.0914 e. The molecule has 3 heterocycles. The molecule has 0 amide bonds. The van der Waals surface area contributed by atoms with Gasteiger partial charge in [-0.3, -0.25) is 0 Å². The minimum atomic E-state index is -0.448. The van der Waals surface area contributed by atoms with Crippen LogP contribution in [0.4, 0.5) is 5.69 Å². The highest BCUT2D eigenvalue weighted by molar-refractivity contribution is 5.39. The van der Waals surface area contributed by atoms with E-state index in [2.05, 4.69) is 10.2 Å². The molecule has 2 atom stereocenters. The third-order valence-electron chi connectivity index (χ3n) is 4.55. The van der Waals surface area contributed by atoms with Gasteiger partial charge in [0.2, 0.25) is 0 Å². The SMILES string of the molecule is Nc1ccc([C@H](O)CN[C@H]2CN3CCC2CC3)cc1. The summed E-state index contributed by atoms with van der Waals surface area (Å²) in [6, 6.07) is 8.03. The van der Waals surface area contributed by atoms with Crippen LogP contribution >= 0.6 is 0 Å². The number of hydrogen-bond acceptors (Lipinski definition) is 4. The van der Waals surface area contributed by atoms with E-state index in [4.69, 9.17) is 5.73 Å². The molecule has 4 heteroatoms. The van der Waals surface area contributed by atoms with Crippen LogP contribution in [0.25, 0.3) is 0 Å². The van der Waals surface area contributed by atoms with Crippen molar-refractivity contribution in [3.05, 3.63) is 29.8 Å². The van der Waals surface area contributed by atoms with Gasteiger partial charge in [0.05, 0.1) is 6.10 Å². The van der Waals surface area contributed by atoms with Gasteiger partial charge in [-0.15, -0.1) is 0 Å². The maximum atomic E-state index is 10.2. The summed E-state index contributed by atoms with van der Waals surface area (Å²) >= 11 is 0. The van der Waals surface area contributed by atoms with Crippen LogP contribution in [0.2, 0.25) is 0 Å². The third kappa shape index (κ3) is 2.91. The number of rotatable bonds is 4. The van der Waals surface area contributed by atoms with Crippen molar-refractivity contribution in [2.45, 2.75) is 25.0 Å². The fraction of sp³-hybridized carbons (Fsp3) is 0.600. The van der Waals surface area contributed by atoms with E-state index in [1.54, 1.807) is 0 Å². The molecule has 0 spiro atoms. The molecule has 1 aromatic carbocycles. The van der Waals surface area contributed by atoms with Gasteiger partial charge >= 0.3 is 0 Å². The summed E-state index contributed by atoms with van der Waals surface area (Å²) in [4.78, 5) is 2.52. The summed E-state index contributed by atoms with van der Waals surface area (Å²) in [6.45, 7) is 4.27. The molecule has 1 aromatic rings. The highest BCUT2D eigenvalue weighted by Gasteiger charge is 2.33. The van der Waals surface area contributed by atoms with E-state index in [1.165, 1.54) is 25.9 Å². The number of piperidine rings is 3. The number of benzene rings is 1. The van der Waals surface area contributed by atoms with Crippen LogP contribution in [0.15, 0.2) is 24.3 Å². The average molecular weight is 261 g/mol. The van der Waals surface area contributed by atoms with Gasteiger partial charge in [-0.1, -0.05) is 12.1 Å². The number of anilines is 1. The second-order valence-electron chi connectivity index (χ2n) is 5.84. The maximum absolute atomic E-state index is 10.2. The molecule has 3 aliphatic rings. The van der Waals surface area contributed by atoms with Crippen molar-refractivity contribution in [3.8, 4) is 0 Å². The zero-order valence-electron chi connectivity index (χ0n) is 11.3. The Balaban J connectivity index is 1.53. The Labute approximate surface area is 114 Å². The van der Waals surface area contributed by atoms with Crippen molar-refractivity contribution in [1.82, 2.24) is 10.2 Å². The van der Waals surface area contributed by atoms with E-state index in [0.717, 1.165) is 23.7 Å². The molecule has 0 aromatic heterocycles. The number of nitrogens with zero attached hydrogens (tertiary/aromatic N) is 1. The quantitative estimate of drug-likeness (QED) is 0.707. The van der Waals surface area contributed by atoms with E-state index in [-0.39, 0.29) is 0 Å². The van der Waals surface area contributed by atoms with Crippen LogP contribution < -0.4 is 11.1 Å². The topological polar surface area (TPSA) is 61.5 Å². The molecule has 4 N–H and O–H groups in total. The monoisotopic (exact) mass is 261 g/mol. The summed E-state index contributed by atoms with van der Waals surface area (Å²) in [6.07, 6.45) is 2.15. The molecule has 0 saturated carbocycles. The number of aliphatic hydroxyl groups excluding tert-OH is 1.